The first-order valence-corrected chi connectivity index (χ1v) is 3.67. The monoisotopic (exact) mass is 179 g/mol. The van der Waals surface area contributed by atoms with E-state index in [4.69, 9.17) is 9.63 Å². The number of rotatable bonds is 1. The van der Waals surface area contributed by atoms with Crippen LogP contribution in [0.1, 0.15) is 0 Å². The molecule has 66 valence electrons. The summed E-state index contributed by atoms with van der Waals surface area (Å²) in [6.45, 7) is 0. The van der Waals surface area contributed by atoms with E-state index < -0.39 is 11.6 Å². The normalized spacial score (nSPS) is 10.2. The molecule has 0 aliphatic heterocycles. The van der Waals surface area contributed by atoms with Crippen LogP contribution in [-0.4, -0.2) is 10.3 Å². The molecule has 0 unspecified atom stereocenters. The van der Waals surface area contributed by atoms with E-state index in [1.165, 1.54) is 30.5 Å². The minimum absolute atomic E-state index is 0.206. The molecule has 1 N–H and O–H groups in total. The predicted octanol–water partition coefficient (Wildman–Crippen LogP) is 2.19. The summed E-state index contributed by atoms with van der Waals surface area (Å²) in [5, 5.41) is 12.5. The fraction of sp³-hybridized carbons (Fsp3) is 0. The Labute approximate surface area is 73.4 Å². The molecule has 1 aromatic carbocycles. The van der Waals surface area contributed by atoms with E-state index in [-0.39, 0.29) is 5.56 Å². The molecule has 0 saturated carbocycles. The molecule has 0 aliphatic carbocycles. The van der Waals surface area contributed by atoms with Crippen LogP contribution in [0.3, 0.4) is 0 Å². The lowest BCUT2D eigenvalue weighted by molar-refractivity contribution is 0.418. The van der Waals surface area contributed by atoms with Gasteiger partial charge in [-0.2, -0.15) is 0 Å². The molecule has 0 bridgehead atoms. The molecule has 0 saturated heterocycles. The quantitative estimate of drug-likeness (QED) is 0.729. The van der Waals surface area contributed by atoms with Gasteiger partial charge in [0.1, 0.15) is 0 Å². The van der Waals surface area contributed by atoms with E-state index in [9.17, 15) is 4.39 Å². The number of aromatic hydroxyl groups is 1. The minimum Gasteiger partial charge on any atom is -0.505 e. The smallest absolute Gasteiger partial charge is 0.175 e. The highest BCUT2D eigenvalue weighted by atomic mass is 19.1. The zero-order chi connectivity index (χ0) is 9.26. The molecule has 0 fully saturated rings. The Hall–Kier alpha value is -1.84. The summed E-state index contributed by atoms with van der Waals surface area (Å²) in [7, 11) is 0. The van der Waals surface area contributed by atoms with Crippen LogP contribution in [0.4, 0.5) is 4.39 Å². The van der Waals surface area contributed by atoms with Gasteiger partial charge in [0.2, 0.25) is 0 Å². The highest BCUT2D eigenvalue weighted by Gasteiger charge is 2.11. The number of benzene rings is 1. The lowest BCUT2D eigenvalue weighted by Gasteiger charge is -1.99. The number of halogens is 1. The summed E-state index contributed by atoms with van der Waals surface area (Å²) in [4.78, 5) is 0. The number of hydrogen-bond donors (Lipinski definition) is 1. The van der Waals surface area contributed by atoms with Crippen LogP contribution in [0.15, 0.2) is 35.0 Å². The summed E-state index contributed by atoms with van der Waals surface area (Å²) in [6.07, 6.45) is 1.42. The summed E-state index contributed by atoms with van der Waals surface area (Å²) in [5.41, 5.74) is 0.206. The van der Waals surface area contributed by atoms with Crippen molar-refractivity contribution in [1.29, 1.82) is 0 Å². The highest BCUT2D eigenvalue weighted by molar-refractivity contribution is 5.59. The molecular formula is C9H6FNO2. The van der Waals surface area contributed by atoms with Gasteiger partial charge in [-0.3, -0.25) is 0 Å². The third-order valence-corrected chi connectivity index (χ3v) is 1.68. The van der Waals surface area contributed by atoms with Crippen LogP contribution in [0, 0.1) is 5.82 Å². The lowest BCUT2D eigenvalue weighted by atomic mass is 10.1. The van der Waals surface area contributed by atoms with Gasteiger partial charge in [0.05, 0.1) is 11.8 Å². The van der Waals surface area contributed by atoms with E-state index in [2.05, 4.69) is 5.16 Å². The highest BCUT2D eigenvalue weighted by Crippen LogP contribution is 2.27. The van der Waals surface area contributed by atoms with Crippen molar-refractivity contribution in [3.05, 3.63) is 36.3 Å². The molecule has 2 aromatic rings. The van der Waals surface area contributed by atoms with Crippen LogP contribution in [0.5, 0.6) is 5.75 Å². The molecule has 0 aliphatic rings. The van der Waals surface area contributed by atoms with Crippen molar-refractivity contribution >= 4 is 0 Å². The van der Waals surface area contributed by atoms with Gasteiger partial charge in [0.15, 0.2) is 17.3 Å². The second-order valence-corrected chi connectivity index (χ2v) is 2.52. The molecule has 0 amide bonds. The molecule has 0 radical (unpaired) electrons. The maximum Gasteiger partial charge on any atom is 0.175 e. The van der Waals surface area contributed by atoms with Gasteiger partial charge < -0.3 is 9.63 Å². The van der Waals surface area contributed by atoms with Gasteiger partial charge in [-0.15, -0.1) is 0 Å². The Morgan fingerprint density at radius 2 is 2.15 bits per heavy atom. The van der Waals surface area contributed by atoms with Crippen molar-refractivity contribution in [1.82, 2.24) is 5.16 Å². The maximum atomic E-state index is 13.2. The molecule has 0 atom stereocenters. The third-order valence-electron chi connectivity index (χ3n) is 1.68. The largest absolute Gasteiger partial charge is 0.505 e. The van der Waals surface area contributed by atoms with E-state index in [0.29, 0.717) is 5.76 Å². The average Bonchev–Trinajstić information content (AvgIpc) is 2.62. The topological polar surface area (TPSA) is 46.3 Å². The molecule has 1 aromatic heterocycles. The summed E-state index contributed by atoms with van der Waals surface area (Å²) in [6, 6.07) is 5.85. The Bertz CT molecular complexity index is 412. The van der Waals surface area contributed by atoms with Gasteiger partial charge in [0.25, 0.3) is 0 Å². The first-order chi connectivity index (χ1) is 6.29. The summed E-state index contributed by atoms with van der Waals surface area (Å²) in [5.74, 6) is -0.790. The Morgan fingerprint density at radius 3 is 2.85 bits per heavy atom. The Kier molecular flexibility index (Phi) is 1.73. The minimum atomic E-state index is -0.695. The molecule has 0 spiro atoms. The van der Waals surface area contributed by atoms with E-state index in [1.807, 2.05) is 0 Å². The number of phenolic OH excluding ortho intramolecular Hbond substituents is 1. The number of phenols is 1. The SMILES string of the molecule is Oc1cccc(-c2ccno2)c1F. The molecule has 13 heavy (non-hydrogen) atoms. The lowest BCUT2D eigenvalue weighted by Crippen LogP contribution is -1.82. The fourth-order valence-corrected chi connectivity index (χ4v) is 1.06. The van der Waals surface area contributed by atoms with Crippen molar-refractivity contribution in [3.63, 3.8) is 0 Å². The molecule has 2 rings (SSSR count). The van der Waals surface area contributed by atoms with Crippen molar-refractivity contribution in [3.8, 4) is 17.1 Å². The molecule has 4 heteroatoms. The molecule has 3 nitrogen and oxygen atoms in total. The van der Waals surface area contributed by atoms with Crippen molar-refractivity contribution in [2.45, 2.75) is 0 Å². The zero-order valence-electron chi connectivity index (χ0n) is 6.57. The predicted molar refractivity (Wildman–Crippen MR) is 43.6 cm³/mol. The second kappa shape index (κ2) is 2.90. The zero-order valence-corrected chi connectivity index (χ0v) is 6.57. The van der Waals surface area contributed by atoms with E-state index in [1.54, 1.807) is 0 Å². The van der Waals surface area contributed by atoms with Crippen LogP contribution in [-0.2, 0) is 0 Å². The second-order valence-electron chi connectivity index (χ2n) is 2.52. The van der Waals surface area contributed by atoms with Crippen LogP contribution >= 0.6 is 0 Å². The first kappa shape index (κ1) is 7.79. The molecule has 1 heterocycles. The third kappa shape index (κ3) is 1.26. The summed E-state index contributed by atoms with van der Waals surface area (Å²) >= 11 is 0. The van der Waals surface area contributed by atoms with Gasteiger partial charge in [-0.25, -0.2) is 4.39 Å². The maximum absolute atomic E-state index is 13.2. The van der Waals surface area contributed by atoms with Gasteiger partial charge in [-0.05, 0) is 12.1 Å². The van der Waals surface area contributed by atoms with Crippen molar-refractivity contribution in [2.75, 3.05) is 0 Å². The molecular weight excluding hydrogens is 173 g/mol. The fourth-order valence-electron chi connectivity index (χ4n) is 1.06. The average molecular weight is 179 g/mol. The number of nitrogens with zero attached hydrogens (tertiary/aromatic N) is 1. The van der Waals surface area contributed by atoms with Crippen LogP contribution in [0.2, 0.25) is 0 Å². The first-order valence-electron chi connectivity index (χ1n) is 3.67. The standard InChI is InChI=1S/C9H6FNO2/c10-9-6(2-1-3-7(9)12)8-4-5-11-13-8/h1-5,12H. The van der Waals surface area contributed by atoms with Crippen molar-refractivity contribution in [2.24, 2.45) is 0 Å². The van der Waals surface area contributed by atoms with Gasteiger partial charge in [-0.1, -0.05) is 11.2 Å². The van der Waals surface area contributed by atoms with Crippen LogP contribution in [0.25, 0.3) is 11.3 Å². The van der Waals surface area contributed by atoms with Gasteiger partial charge in [0, 0.05) is 6.07 Å². The van der Waals surface area contributed by atoms with Gasteiger partial charge >= 0.3 is 0 Å². The van der Waals surface area contributed by atoms with E-state index in [0.717, 1.165) is 0 Å². The van der Waals surface area contributed by atoms with E-state index >= 15 is 0 Å². The number of hydrogen-bond acceptors (Lipinski definition) is 3. The van der Waals surface area contributed by atoms with Crippen LogP contribution < -0.4 is 0 Å². The Morgan fingerprint density at radius 1 is 1.31 bits per heavy atom. The Balaban J connectivity index is 2.59. The summed E-state index contributed by atoms with van der Waals surface area (Å²) < 4.78 is 18.0. The van der Waals surface area contributed by atoms with Crippen molar-refractivity contribution < 1.29 is 14.0 Å². The number of aromatic nitrogens is 1.